The third-order valence-electron chi connectivity index (χ3n) is 1.86. The Morgan fingerprint density at radius 1 is 1.36 bits per heavy atom. The Hall–Kier alpha value is -0.790. The summed E-state index contributed by atoms with van der Waals surface area (Å²) in [6.45, 7) is 8.38. The standard InChI is InChI=1S/C9H15NO/c1-6(2)5-9-7(3)8(4)11-10-9/h6H,5H2,1-4H3. The van der Waals surface area contributed by atoms with Gasteiger partial charge in [-0.05, 0) is 26.2 Å². The van der Waals surface area contributed by atoms with E-state index in [0.717, 1.165) is 17.9 Å². The van der Waals surface area contributed by atoms with Gasteiger partial charge in [-0.1, -0.05) is 19.0 Å². The minimum atomic E-state index is 0.651. The van der Waals surface area contributed by atoms with Crippen molar-refractivity contribution in [2.75, 3.05) is 0 Å². The molecule has 2 heteroatoms. The Morgan fingerprint density at radius 2 is 2.00 bits per heavy atom. The first kappa shape index (κ1) is 8.31. The summed E-state index contributed by atoms with van der Waals surface area (Å²) >= 11 is 0. The van der Waals surface area contributed by atoms with E-state index in [1.165, 1.54) is 5.56 Å². The topological polar surface area (TPSA) is 26.0 Å². The molecule has 11 heavy (non-hydrogen) atoms. The average Bonchev–Trinajstić information content (AvgIpc) is 2.18. The van der Waals surface area contributed by atoms with Crippen molar-refractivity contribution in [2.24, 2.45) is 5.92 Å². The lowest BCUT2D eigenvalue weighted by molar-refractivity contribution is 0.386. The molecule has 0 spiro atoms. The molecule has 0 saturated carbocycles. The van der Waals surface area contributed by atoms with Gasteiger partial charge in [0, 0.05) is 5.56 Å². The molecule has 0 aromatic carbocycles. The lowest BCUT2D eigenvalue weighted by Crippen LogP contribution is -1.95. The molecule has 0 aliphatic heterocycles. The molecule has 0 radical (unpaired) electrons. The molecule has 62 valence electrons. The first-order valence-electron chi connectivity index (χ1n) is 4.03. The summed E-state index contributed by atoms with van der Waals surface area (Å²) in [6, 6.07) is 0. The molecule has 0 unspecified atom stereocenters. The highest BCUT2D eigenvalue weighted by Crippen LogP contribution is 2.14. The summed E-state index contributed by atoms with van der Waals surface area (Å²) < 4.78 is 5.05. The van der Waals surface area contributed by atoms with Gasteiger partial charge in [-0.25, -0.2) is 0 Å². The molecule has 2 nitrogen and oxygen atoms in total. The van der Waals surface area contributed by atoms with E-state index in [2.05, 4.69) is 25.9 Å². The molecule has 0 atom stereocenters. The van der Waals surface area contributed by atoms with E-state index in [1.54, 1.807) is 0 Å². The SMILES string of the molecule is Cc1onc(CC(C)C)c1C. The maximum atomic E-state index is 5.05. The second-order valence-corrected chi connectivity index (χ2v) is 3.41. The van der Waals surface area contributed by atoms with Gasteiger partial charge < -0.3 is 4.52 Å². The molecule has 1 aromatic rings. The molecular weight excluding hydrogens is 138 g/mol. The van der Waals surface area contributed by atoms with Crippen molar-refractivity contribution >= 4 is 0 Å². The van der Waals surface area contributed by atoms with Crippen LogP contribution in [0.5, 0.6) is 0 Å². The van der Waals surface area contributed by atoms with Crippen LogP contribution in [0.25, 0.3) is 0 Å². The zero-order valence-corrected chi connectivity index (χ0v) is 7.64. The molecule has 0 saturated heterocycles. The highest BCUT2D eigenvalue weighted by molar-refractivity contribution is 5.19. The van der Waals surface area contributed by atoms with Crippen molar-refractivity contribution in [1.82, 2.24) is 5.16 Å². The fourth-order valence-corrected chi connectivity index (χ4v) is 1.04. The summed E-state index contributed by atoms with van der Waals surface area (Å²) in [7, 11) is 0. The largest absolute Gasteiger partial charge is 0.361 e. The predicted octanol–water partition coefficient (Wildman–Crippen LogP) is 2.49. The van der Waals surface area contributed by atoms with Crippen LogP contribution >= 0.6 is 0 Å². The van der Waals surface area contributed by atoms with Gasteiger partial charge in [0.2, 0.25) is 0 Å². The van der Waals surface area contributed by atoms with E-state index < -0.39 is 0 Å². The van der Waals surface area contributed by atoms with Crippen molar-refractivity contribution in [3.8, 4) is 0 Å². The smallest absolute Gasteiger partial charge is 0.136 e. The van der Waals surface area contributed by atoms with E-state index in [0.29, 0.717) is 5.92 Å². The average molecular weight is 153 g/mol. The predicted molar refractivity (Wildman–Crippen MR) is 44.5 cm³/mol. The van der Waals surface area contributed by atoms with Crippen LogP contribution in [0.4, 0.5) is 0 Å². The van der Waals surface area contributed by atoms with E-state index in [-0.39, 0.29) is 0 Å². The maximum absolute atomic E-state index is 5.05. The van der Waals surface area contributed by atoms with Gasteiger partial charge in [-0.15, -0.1) is 0 Å². The van der Waals surface area contributed by atoms with Gasteiger partial charge in [0.15, 0.2) is 0 Å². The molecule has 1 rings (SSSR count). The quantitative estimate of drug-likeness (QED) is 0.652. The summed E-state index contributed by atoms with van der Waals surface area (Å²) in [5.74, 6) is 1.60. The summed E-state index contributed by atoms with van der Waals surface area (Å²) in [5, 5.41) is 3.98. The summed E-state index contributed by atoms with van der Waals surface area (Å²) in [6.07, 6.45) is 1.02. The monoisotopic (exact) mass is 153 g/mol. The Morgan fingerprint density at radius 3 is 2.36 bits per heavy atom. The molecule has 0 aliphatic rings. The van der Waals surface area contributed by atoms with Crippen molar-refractivity contribution in [3.05, 3.63) is 17.0 Å². The number of aryl methyl sites for hydroxylation is 1. The normalized spacial score (nSPS) is 11.0. The lowest BCUT2D eigenvalue weighted by Gasteiger charge is -1.99. The van der Waals surface area contributed by atoms with Crippen molar-refractivity contribution < 1.29 is 4.52 Å². The molecular formula is C9H15NO. The first-order chi connectivity index (χ1) is 5.11. The number of hydrogen-bond acceptors (Lipinski definition) is 2. The third-order valence-corrected chi connectivity index (χ3v) is 1.86. The molecule has 0 bridgehead atoms. The lowest BCUT2D eigenvalue weighted by atomic mass is 10.1. The van der Waals surface area contributed by atoms with E-state index in [9.17, 15) is 0 Å². The van der Waals surface area contributed by atoms with Crippen LogP contribution in [0.2, 0.25) is 0 Å². The Balaban J connectivity index is 2.79. The second-order valence-electron chi connectivity index (χ2n) is 3.41. The van der Waals surface area contributed by atoms with Crippen LogP contribution in [0.15, 0.2) is 4.52 Å². The fraction of sp³-hybridized carbons (Fsp3) is 0.667. The Kier molecular flexibility index (Phi) is 2.32. The van der Waals surface area contributed by atoms with Crippen molar-refractivity contribution in [1.29, 1.82) is 0 Å². The molecule has 1 heterocycles. The highest BCUT2D eigenvalue weighted by atomic mass is 16.5. The summed E-state index contributed by atoms with van der Waals surface area (Å²) in [4.78, 5) is 0. The van der Waals surface area contributed by atoms with Gasteiger partial charge in [0.1, 0.15) is 5.76 Å². The van der Waals surface area contributed by atoms with Crippen LogP contribution in [0, 0.1) is 19.8 Å². The van der Waals surface area contributed by atoms with Gasteiger partial charge in [0.25, 0.3) is 0 Å². The van der Waals surface area contributed by atoms with E-state index in [1.807, 2.05) is 6.92 Å². The highest BCUT2D eigenvalue weighted by Gasteiger charge is 2.08. The third kappa shape index (κ3) is 1.82. The van der Waals surface area contributed by atoms with Crippen LogP contribution in [-0.4, -0.2) is 5.16 Å². The molecule has 0 aliphatic carbocycles. The van der Waals surface area contributed by atoms with Crippen LogP contribution in [0.1, 0.15) is 30.9 Å². The van der Waals surface area contributed by atoms with Crippen molar-refractivity contribution in [3.63, 3.8) is 0 Å². The molecule has 1 aromatic heterocycles. The Bertz CT molecular complexity index is 238. The van der Waals surface area contributed by atoms with Crippen LogP contribution in [-0.2, 0) is 6.42 Å². The first-order valence-corrected chi connectivity index (χ1v) is 4.03. The minimum Gasteiger partial charge on any atom is -0.361 e. The van der Waals surface area contributed by atoms with Crippen LogP contribution < -0.4 is 0 Å². The van der Waals surface area contributed by atoms with E-state index in [4.69, 9.17) is 4.52 Å². The number of aromatic nitrogens is 1. The molecule has 0 fully saturated rings. The zero-order valence-electron chi connectivity index (χ0n) is 7.64. The van der Waals surface area contributed by atoms with Crippen molar-refractivity contribution in [2.45, 2.75) is 34.1 Å². The van der Waals surface area contributed by atoms with Gasteiger partial charge in [-0.2, -0.15) is 0 Å². The molecule has 0 amide bonds. The number of nitrogens with zero attached hydrogens (tertiary/aromatic N) is 1. The van der Waals surface area contributed by atoms with Gasteiger partial charge >= 0.3 is 0 Å². The fourth-order valence-electron chi connectivity index (χ4n) is 1.04. The summed E-state index contributed by atoms with van der Waals surface area (Å²) in [5.41, 5.74) is 2.32. The number of hydrogen-bond donors (Lipinski definition) is 0. The minimum absolute atomic E-state index is 0.651. The van der Waals surface area contributed by atoms with E-state index >= 15 is 0 Å². The van der Waals surface area contributed by atoms with Crippen LogP contribution in [0.3, 0.4) is 0 Å². The number of rotatable bonds is 2. The Labute approximate surface area is 67.6 Å². The zero-order chi connectivity index (χ0) is 8.43. The maximum Gasteiger partial charge on any atom is 0.136 e. The second kappa shape index (κ2) is 3.07. The molecule has 0 N–H and O–H groups in total. The van der Waals surface area contributed by atoms with Gasteiger partial charge in [-0.3, -0.25) is 0 Å². The van der Waals surface area contributed by atoms with Gasteiger partial charge in [0.05, 0.1) is 5.69 Å².